The first kappa shape index (κ1) is 14.0. The second kappa shape index (κ2) is 5.16. The lowest BCUT2D eigenvalue weighted by Gasteiger charge is -2.33. The Morgan fingerprint density at radius 1 is 1.07 bits per heavy atom. The first-order chi connectivity index (χ1) is 6.18. The van der Waals surface area contributed by atoms with Crippen LogP contribution in [0.2, 0.25) is 0 Å². The summed E-state index contributed by atoms with van der Waals surface area (Å²) >= 11 is 0. The van der Waals surface area contributed by atoms with Gasteiger partial charge in [-0.25, -0.2) is 0 Å². The average molecular weight is 199 g/mol. The van der Waals surface area contributed by atoms with Gasteiger partial charge in [0.15, 0.2) is 0 Å². The van der Waals surface area contributed by atoms with Gasteiger partial charge in [0.2, 0.25) is 0 Å². The minimum absolute atomic E-state index is 0.0709. The molecule has 1 unspecified atom stereocenters. The molecule has 0 spiro atoms. The molecule has 0 aromatic carbocycles. The van der Waals surface area contributed by atoms with Crippen LogP contribution in [0.25, 0.3) is 0 Å². The maximum Gasteiger partial charge on any atom is 0.0154 e. The van der Waals surface area contributed by atoms with Gasteiger partial charge < -0.3 is 5.73 Å². The molecule has 0 amide bonds. The molecule has 0 heterocycles. The lowest BCUT2D eigenvalue weighted by atomic mass is 9.78. The predicted molar refractivity (Wildman–Crippen MR) is 65.4 cm³/mol. The lowest BCUT2D eigenvalue weighted by molar-refractivity contribution is 0.252. The molecule has 0 radical (unpaired) electrons. The van der Waals surface area contributed by atoms with E-state index >= 15 is 0 Å². The van der Waals surface area contributed by atoms with Crippen LogP contribution in [0.1, 0.15) is 67.2 Å². The molecule has 0 rings (SSSR count). The molecule has 0 aromatic heterocycles. The first-order valence-electron chi connectivity index (χ1n) is 5.97. The lowest BCUT2D eigenvalue weighted by Crippen LogP contribution is -2.41. The maximum absolute atomic E-state index is 6.41. The van der Waals surface area contributed by atoms with Crippen molar-refractivity contribution in [1.29, 1.82) is 0 Å². The van der Waals surface area contributed by atoms with Gasteiger partial charge in [0, 0.05) is 5.54 Å². The van der Waals surface area contributed by atoms with E-state index in [0.717, 1.165) is 19.3 Å². The molecule has 1 nitrogen and oxygen atoms in total. The third kappa shape index (κ3) is 6.42. The maximum atomic E-state index is 6.41. The van der Waals surface area contributed by atoms with E-state index in [1.165, 1.54) is 6.42 Å². The van der Waals surface area contributed by atoms with Gasteiger partial charge in [-0.3, -0.25) is 0 Å². The van der Waals surface area contributed by atoms with Crippen molar-refractivity contribution in [2.24, 2.45) is 17.1 Å². The van der Waals surface area contributed by atoms with E-state index in [2.05, 4.69) is 41.5 Å². The van der Waals surface area contributed by atoms with Crippen LogP contribution in [0.4, 0.5) is 0 Å². The second-order valence-electron chi connectivity index (χ2n) is 6.37. The minimum Gasteiger partial charge on any atom is -0.325 e. The third-order valence-corrected chi connectivity index (χ3v) is 2.89. The van der Waals surface area contributed by atoms with E-state index in [1.807, 2.05) is 0 Å². The fourth-order valence-electron chi connectivity index (χ4n) is 1.86. The van der Waals surface area contributed by atoms with Gasteiger partial charge in [0.1, 0.15) is 0 Å². The van der Waals surface area contributed by atoms with Crippen molar-refractivity contribution in [3.05, 3.63) is 0 Å². The summed E-state index contributed by atoms with van der Waals surface area (Å²) in [5.74, 6) is 0.708. The molecular weight excluding hydrogens is 170 g/mol. The van der Waals surface area contributed by atoms with E-state index in [0.29, 0.717) is 11.3 Å². The Labute approximate surface area is 90.5 Å². The summed E-state index contributed by atoms with van der Waals surface area (Å²) in [4.78, 5) is 0. The number of nitrogens with two attached hydrogens (primary N) is 1. The van der Waals surface area contributed by atoms with E-state index in [9.17, 15) is 0 Å². The van der Waals surface area contributed by atoms with Crippen LogP contribution in [-0.4, -0.2) is 5.54 Å². The van der Waals surface area contributed by atoms with Gasteiger partial charge in [-0.1, -0.05) is 41.5 Å². The SMILES string of the molecule is CCC(N)(CCC(C)(C)C)CC(C)C. The third-order valence-electron chi connectivity index (χ3n) is 2.89. The highest BCUT2D eigenvalue weighted by molar-refractivity contribution is 4.85. The van der Waals surface area contributed by atoms with Gasteiger partial charge in [0.05, 0.1) is 0 Å². The van der Waals surface area contributed by atoms with E-state index < -0.39 is 0 Å². The molecule has 1 heteroatoms. The molecule has 0 aliphatic rings. The monoisotopic (exact) mass is 199 g/mol. The Balaban J connectivity index is 4.12. The Bertz CT molecular complexity index is 155. The summed E-state index contributed by atoms with van der Waals surface area (Å²) in [6.07, 6.45) is 4.64. The van der Waals surface area contributed by atoms with Crippen molar-refractivity contribution < 1.29 is 0 Å². The number of rotatable bonds is 5. The van der Waals surface area contributed by atoms with Crippen LogP contribution >= 0.6 is 0 Å². The highest BCUT2D eigenvalue weighted by atomic mass is 14.7. The summed E-state index contributed by atoms with van der Waals surface area (Å²) in [6, 6.07) is 0. The Hall–Kier alpha value is -0.0400. The normalized spacial score (nSPS) is 17.1. The van der Waals surface area contributed by atoms with Gasteiger partial charge in [-0.2, -0.15) is 0 Å². The highest BCUT2D eigenvalue weighted by Gasteiger charge is 2.25. The molecule has 86 valence electrons. The van der Waals surface area contributed by atoms with Gasteiger partial charge in [-0.05, 0) is 37.0 Å². The molecule has 0 aliphatic carbocycles. The molecule has 0 aliphatic heterocycles. The quantitative estimate of drug-likeness (QED) is 0.712. The fraction of sp³-hybridized carbons (Fsp3) is 1.00. The van der Waals surface area contributed by atoms with Crippen LogP contribution in [0, 0.1) is 11.3 Å². The van der Waals surface area contributed by atoms with Crippen LogP contribution in [-0.2, 0) is 0 Å². The number of hydrogen-bond acceptors (Lipinski definition) is 1. The average Bonchev–Trinajstić information content (AvgIpc) is 1.99. The van der Waals surface area contributed by atoms with Crippen molar-refractivity contribution in [3.63, 3.8) is 0 Å². The molecule has 1 atom stereocenters. The second-order valence-corrected chi connectivity index (χ2v) is 6.37. The van der Waals surface area contributed by atoms with Crippen LogP contribution in [0.5, 0.6) is 0 Å². The largest absolute Gasteiger partial charge is 0.325 e. The Kier molecular flexibility index (Phi) is 5.14. The zero-order chi connectivity index (χ0) is 11.4. The summed E-state index contributed by atoms with van der Waals surface area (Å²) in [6.45, 7) is 13.6. The zero-order valence-corrected chi connectivity index (χ0v) is 11.0. The molecule has 0 aromatic rings. The fourth-order valence-corrected chi connectivity index (χ4v) is 1.86. The van der Waals surface area contributed by atoms with Crippen molar-refractivity contribution in [1.82, 2.24) is 0 Å². The highest BCUT2D eigenvalue weighted by Crippen LogP contribution is 2.29. The van der Waals surface area contributed by atoms with Crippen molar-refractivity contribution in [2.75, 3.05) is 0 Å². The van der Waals surface area contributed by atoms with E-state index in [1.54, 1.807) is 0 Å². The van der Waals surface area contributed by atoms with Gasteiger partial charge >= 0.3 is 0 Å². The molecule has 14 heavy (non-hydrogen) atoms. The van der Waals surface area contributed by atoms with E-state index in [4.69, 9.17) is 5.73 Å². The van der Waals surface area contributed by atoms with Crippen LogP contribution < -0.4 is 5.73 Å². The Morgan fingerprint density at radius 2 is 1.57 bits per heavy atom. The minimum atomic E-state index is 0.0709. The van der Waals surface area contributed by atoms with Crippen molar-refractivity contribution >= 4 is 0 Å². The standard InChI is InChI=1S/C13H29N/c1-7-13(14,10-11(2)3)9-8-12(4,5)6/h11H,7-10,14H2,1-6H3. The Morgan fingerprint density at radius 3 is 1.86 bits per heavy atom. The summed E-state index contributed by atoms with van der Waals surface area (Å²) in [7, 11) is 0. The first-order valence-corrected chi connectivity index (χ1v) is 5.97. The predicted octanol–water partition coefficient (Wildman–Crippen LogP) is 3.97. The molecule has 0 saturated heterocycles. The van der Waals surface area contributed by atoms with Crippen molar-refractivity contribution in [3.8, 4) is 0 Å². The molecule has 0 fully saturated rings. The molecule has 2 N–H and O–H groups in total. The van der Waals surface area contributed by atoms with Crippen LogP contribution in [0.3, 0.4) is 0 Å². The van der Waals surface area contributed by atoms with Crippen LogP contribution in [0.15, 0.2) is 0 Å². The molecule has 0 bridgehead atoms. The summed E-state index contributed by atoms with van der Waals surface area (Å²) in [5, 5.41) is 0. The topological polar surface area (TPSA) is 26.0 Å². The summed E-state index contributed by atoms with van der Waals surface area (Å²) < 4.78 is 0. The molecule has 0 saturated carbocycles. The molecular formula is C13H29N. The number of hydrogen-bond donors (Lipinski definition) is 1. The van der Waals surface area contributed by atoms with E-state index in [-0.39, 0.29) is 5.54 Å². The smallest absolute Gasteiger partial charge is 0.0154 e. The zero-order valence-electron chi connectivity index (χ0n) is 11.0. The summed E-state index contributed by atoms with van der Waals surface area (Å²) in [5.41, 5.74) is 6.89. The van der Waals surface area contributed by atoms with Crippen molar-refractivity contribution in [2.45, 2.75) is 72.8 Å². The van der Waals surface area contributed by atoms with Gasteiger partial charge in [0.25, 0.3) is 0 Å². The van der Waals surface area contributed by atoms with Gasteiger partial charge in [-0.15, -0.1) is 0 Å².